The summed E-state index contributed by atoms with van der Waals surface area (Å²) in [7, 11) is 0. The van der Waals surface area contributed by atoms with Crippen molar-refractivity contribution >= 4 is 96.8 Å². The molecule has 0 aliphatic carbocycles. The average Bonchev–Trinajstić information content (AvgIpc) is 3.99. The van der Waals surface area contributed by atoms with Gasteiger partial charge in [-0.3, -0.25) is 4.57 Å². The van der Waals surface area contributed by atoms with E-state index in [1.54, 1.807) is 0 Å². The van der Waals surface area contributed by atoms with Gasteiger partial charge >= 0.3 is 0 Å². The van der Waals surface area contributed by atoms with Crippen LogP contribution in [-0.4, -0.2) is 19.5 Å². The molecule has 0 spiro atoms. The highest BCUT2D eigenvalue weighted by Crippen LogP contribution is 2.47. The third kappa shape index (κ3) is 4.75. The average molecular weight is 771 g/mol. The summed E-state index contributed by atoms with van der Waals surface area (Å²) >= 11 is 1.85. The van der Waals surface area contributed by atoms with Crippen molar-refractivity contribution in [3.8, 4) is 39.9 Å². The van der Waals surface area contributed by atoms with Gasteiger partial charge < -0.3 is 4.42 Å². The first-order valence-corrected chi connectivity index (χ1v) is 20.6. The van der Waals surface area contributed by atoms with Crippen LogP contribution in [0.25, 0.3) is 125 Å². The van der Waals surface area contributed by atoms with E-state index in [0.29, 0.717) is 17.6 Å². The molecule has 6 heteroatoms. The number of nitrogens with zero attached hydrogens (tertiary/aromatic N) is 4. The Morgan fingerprint density at radius 1 is 0.390 bits per heavy atom. The van der Waals surface area contributed by atoms with E-state index in [9.17, 15) is 0 Å². The number of aromatic nitrogens is 4. The first kappa shape index (κ1) is 32.4. The number of furan rings is 1. The zero-order valence-corrected chi connectivity index (χ0v) is 32.2. The van der Waals surface area contributed by atoms with Gasteiger partial charge in [0.25, 0.3) is 0 Å². The molecule has 0 saturated heterocycles. The van der Waals surface area contributed by atoms with Crippen molar-refractivity contribution in [2.75, 3.05) is 0 Å². The van der Waals surface area contributed by atoms with Gasteiger partial charge in [-0.25, -0.2) is 4.98 Å². The maximum atomic E-state index is 6.38. The molecule has 13 aromatic rings. The van der Waals surface area contributed by atoms with Crippen molar-refractivity contribution in [2.45, 2.75) is 0 Å². The van der Waals surface area contributed by atoms with Gasteiger partial charge in [-0.1, -0.05) is 158 Å². The maximum absolute atomic E-state index is 6.38. The molecule has 274 valence electrons. The maximum Gasteiger partial charge on any atom is 0.238 e. The second-order valence-corrected chi connectivity index (χ2v) is 16.1. The monoisotopic (exact) mass is 770 g/mol. The SMILES string of the molecule is c1ccc(-c2nc(-c3ccc4c(c3)oc3ccccc34)nc(-n3c4c(-c5cccc6c5sc5ccccc56)cccc4c4c5ccccc5c5ccccc5c43)n2)cc1. The van der Waals surface area contributed by atoms with Crippen LogP contribution in [0.5, 0.6) is 0 Å². The molecule has 59 heavy (non-hydrogen) atoms. The van der Waals surface area contributed by atoms with Crippen molar-refractivity contribution in [1.82, 2.24) is 19.5 Å². The van der Waals surface area contributed by atoms with E-state index in [0.717, 1.165) is 60.4 Å². The van der Waals surface area contributed by atoms with Crippen molar-refractivity contribution in [3.05, 3.63) is 182 Å². The molecule has 5 nitrogen and oxygen atoms in total. The molecular weight excluding hydrogens is 741 g/mol. The van der Waals surface area contributed by atoms with Gasteiger partial charge in [0.15, 0.2) is 11.6 Å². The summed E-state index contributed by atoms with van der Waals surface area (Å²) in [5.41, 5.74) is 7.83. The van der Waals surface area contributed by atoms with E-state index in [-0.39, 0.29) is 0 Å². The summed E-state index contributed by atoms with van der Waals surface area (Å²) in [4.78, 5) is 16.0. The molecule has 0 bridgehead atoms. The standard InChI is InChI=1S/C53H30N4OS/c1-2-14-31(15-3-1)51-54-52(32-28-29-36-35-18-8-10-26-44(35)58-45(36)30-32)56-53(55-51)57-48-40(42-24-13-23-41-37-19-9-11-27-46(37)59-50(41)42)22-12-25-43(48)47-38-20-6-4-16-33(38)34-17-5-7-21-39(34)49(47)57/h1-30H. The van der Waals surface area contributed by atoms with Crippen molar-refractivity contribution in [2.24, 2.45) is 0 Å². The highest BCUT2D eigenvalue weighted by Gasteiger charge is 2.25. The van der Waals surface area contributed by atoms with Gasteiger partial charge in [0, 0.05) is 69.4 Å². The first-order valence-electron chi connectivity index (χ1n) is 19.8. The van der Waals surface area contributed by atoms with Crippen LogP contribution in [0.1, 0.15) is 0 Å². The van der Waals surface area contributed by atoms with E-state index in [1.807, 2.05) is 47.7 Å². The lowest BCUT2D eigenvalue weighted by molar-refractivity contribution is 0.669. The third-order valence-corrected chi connectivity index (χ3v) is 13.1. The highest BCUT2D eigenvalue weighted by atomic mass is 32.1. The van der Waals surface area contributed by atoms with Gasteiger partial charge in [-0.2, -0.15) is 9.97 Å². The van der Waals surface area contributed by atoms with Crippen LogP contribution in [0.2, 0.25) is 0 Å². The lowest BCUT2D eigenvalue weighted by atomic mass is 9.95. The third-order valence-electron chi connectivity index (χ3n) is 11.8. The zero-order valence-electron chi connectivity index (χ0n) is 31.4. The van der Waals surface area contributed by atoms with Crippen molar-refractivity contribution in [1.29, 1.82) is 0 Å². The predicted molar refractivity (Wildman–Crippen MR) is 246 cm³/mol. The highest BCUT2D eigenvalue weighted by molar-refractivity contribution is 7.26. The number of rotatable bonds is 4. The molecule has 0 aliphatic rings. The topological polar surface area (TPSA) is 56.7 Å². The van der Waals surface area contributed by atoms with Crippen LogP contribution in [0.4, 0.5) is 0 Å². The number of benzene rings is 9. The van der Waals surface area contributed by atoms with Crippen molar-refractivity contribution in [3.63, 3.8) is 0 Å². The van der Waals surface area contributed by atoms with Crippen LogP contribution < -0.4 is 0 Å². The minimum atomic E-state index is 0.551. The van der Waals surface area contributed by atoms with E-state index in [2.05, 4.69) is 150 Å². The summed E-state index contributed by atoms with van der Waals surface area (Å²) < 4.78 is 11.2. The lowest BCUT2D eigenvalue weighted by Gasteiger charge is -2.14. The second-order valence-electron chi connectivity index (χ2n) is 15.1. The Hall–Kier alpha value is -7.67. The fraction of sp³-hybridized carbons (Fsp3) is 0. The van der Waals surface area contributed by atoms with Crippen LogP contribution in [-0.2, 0) is 0 Å². The minimum Gasteiger partial charge on any atom is -0.456 e. The second kappa shape index (κ2) is 12.4. The summed E-state index contributed by atoms with van der Waals surface area (Å²) in [6.07, 6.45) is 0. The summed E-state index contributed by atoms with van der Waals surface area (Å²) in [6, 6.07) is 64.3. The minimum absolute atomic E-state index is 0.551. The fourth-order valence-electron chi connectivity index (χ4n) is 9.28. The van der Waals surface area contributed by atoms with Crippen LogP contribution in [0, 0.1) is 0 Å². The number of fused-ring (bicyclic) bond motifs is 14. The smallest absolute Gasteiger partial charge is 0.238 e. The summed E-state index contributed by atoms with van der Waals surface area (Å²) in [5.74, 6) is 1.72. The Morgan fingerprint density at radius 2 is 1.00 bits per heavy atom. The molecule has 0 fully saturated rings. The fourth-order valence-corrected chi connectivity index (χ4v) is 10.5. The Morgan fingerprint density at radius 3 is 1.83 bits per heavy atom. The molecule has 0 amide bonds. The van der Waals surface area contributed by atoms with Gasteiger partial charge in [0.2, 0.25) is 5.95 Å². The number of para-hydroxylation sites is 2. The van der Waals surface area contributed by atoms with E-state index in [4.69, 9.17) is 19.4 Å². The quantitative estimate of drug-likeness (QED) is 0.167. The molecule has 0 atom stereocenters. The first-order chi connectivity index (χ1) is 29.3. The number of hydrogen-bond acceptors (Lipinski definition) is 5. The molecule has 9 aromatic carbocycles. The van der Waals surface area contributed by atoms with Crippen LogP contribution in [0.3, 0.4) is 0 Å². The number of thiophene rings is 1. The molecule has 13 rings (SSSR count). The molecule has 0 saturated carbocycles. The predicted octanol–water partition coefficient (Wildman–Crippen LogP) is 14.5. The molecule has 0 unspecified atom stereocenters. The largest absolute Gasteiger partial charge is 0.456 e. The number of hydrogen-bond donors (Lipinski definition) is 0. The van der Waals surface area contributed by atoms with E-state index >= 15 is 0 Å². The lowest BCUT2D eigenvalue weighted by Crippen LogP contribution is -2.07. The van der Waals surface area contributed by atoms with Crippen molar-refractivity contribution < 1.29 is 4.42 Å². The molecule has 4 aromatic heterocycles. The van der Waals surface area contributed by atoms with Gasteiger partial charge in [-0.15, -0.1) is 11.3 Å². The molecule has 4 heterocycles. The molecule has 0 radical (unpaired) electrons. The molecule has 0 N–H and O–H groups in total. The Balaban J connectivity index is 1.20. The normalized spacial score (nSPS) is 12.1. The Kier molecular flexibility index (Phi) is 6.82. The van der Waals surface area contributed by atoms with Crippen LogP contribution in [0.15, 0.2) is 186 Å². The van der Waals surface area contributed by atoms with E-state index in [1.165, 1.54) is 47.3 Å². The van der Waals surface area contributed by atoms with Gasteiger partial charge in [0.05, 0.1) is 11.0 Å². The zero-order chi connectivity index (χ0) is 38.6. The molecule has 0 aliphatic heterocycles. The molecular formula is C53H30N4OS. The Labute approximate surface area is 341 Å². The summed E-state index contributed by atoms with van der Waals surface area (Å²) in [5, 5.41) is 11.7. The van der Waals surface area contributed by atoms with Gasteiger partial charge in [-0.05, 0) is 40.4 Å². The summed E-state index contributed by atoms with van der Waals surface area (Å²) in [6.45, 7) is 0. The van der Waals surface area contributed by atoms with Crippen LogP contribution >= 0.6 is 11.3 Å². The Bertz CT molecular complexity index is 3860. The van der Waals surface area contributed by atoms with Gasteiger partial charge in [0.1, 0.15) is 11.2 Å². The van der Waals surface area contributed by atoms with E-state index < -0.39 is 0 Å².